The van der Waals surface area contributed by atoms with Crippen molar-refractivity contribution in [1.29, 1.82) is 5.26 Å². The summed E-state index contributed by atoms with van der Waals surface area (Å²) in [6.45, 7) is 0.479. The first-order chi connectivity index (χ1) is 8.15. The van der Waals surface area contributed by atoms with Crippen molar-refractivity contribution in [2.75, 3.05) is 6.54 Å². The molecule has 1 aromatic rings. The zero-order valence-electron chi connectivity index (χ0n) is 9.24. The number of halogens is 1. The molecule has 1 rings (SSSR count). The molecule has 0 saturated carbocycles. The molecule has 0 aliphatic carbocycles. The van der Waals surface area contributed by atoms with Gasteiger partial charge in [0.25, 0.3) is 5.91 Å². The van der Waals surface area contributed by atoms with Crippen LogP contribution in [0.2, 0.25) is 5.02 Å². The van der Waals surface area contributed by atoms with Crippen molar-refractivity contribution >= 4 is 17.5 Å². The predicted molar refractivity (Wildman–Crippen MR) is 64.9 cm³/mol. The highest BCUT2D eigenvalue weighted by molar-refractivity contribution is 6.31. The van der Waals surface area contributed by atoms with Gasteiger partial charge in [-0.2, -0.15) is 5.26 Å². The van der Waals surface area contributed by atoms with Crippen molar-refractivity contribution in [3.63, 3.8) is 0 Å². The molecule has 0 spiro atoms. The minimum atomic E-state index is -0.359. The number of phenols is 1. The topological polar surface area (TPSA) is 73.1 Å². The molecule has 0 aliphatic heterocycles. The number of rotatable bonds is 5. The van der Waals surface area contributed by atoms with E-state index < -0.39 is 0 Å². The van der Waals surface area contributed by atoms with Gasteiger partial charge in [0.15, 0.2) is 0 Å². The Morgan fingerprint density at radius 3 is 2.94 bits per heavy atom. The number of aromatic hydroxyl groups is 1. The second kappa shape index (κ2) is 6.77. The first kappa shape index (κ1) is 13.3. The van der Waals surface area contributed by atoms with Crippen LogP contribution in [0.1, 0.15) is 29.6 Å². The van der Waals surface area contributed by atoms with Gasteiger partial charge in [-0.25, -0.2) is 0 Å². The summed E-state index contributed by atoms with van der Waals surface area (Å²) < 4.78 is 0. The maximum absolute atomic E-state index is 11.7. The number of carbonyl (C=O) groups is 1. The highest BCUT2D eigenvalue weighted by Gasteiger charge is 2.10. The summed E-state index contributed by atoms with van der Waals surface area (Å²) in [7, 11) is 0. The number of hydrogen-bond acceptors (Lipinski definition) is 3. The van der Waals surface area contributed by atoms with Crippen LogP contribution in [0.4, 0.5) is 0 Å². The molecule has 0 heterocycles. The maximum atomic E-state index is 11.7. The number of phenolic OH excluding ortho intramolecular Hbond substituents is 1. The third-order valence-corrected chi connectivity index (χ3v) is 2.44. The van der Waals surface area contributed by atoms with Crippen LogP contribution < -0.4 is 5.32 Å². The Balaban J connectivity index is 2.47. The van der Waals surface area contributed by atoms with Gasteiger partial charge in [-0.3, -0.25) is 4.79 Å². The van der Waals surface area contributed by atoms with Gasteiger partial charge < -0.3 is 10.4 Å². The van der Waals surface area contributed by atoms with Gasteiger partial charge in [0.05, 0.1) is 11.6 Å². The smallest absolute Gasteiger partial charge is 0.255 e. The maximum Gasteiger partial charge on any atom is 0.255 e. The van der Waals surface area contributed by atoms with Crippen molar-refractivity contribution < 1.29 is 9.90 Å². The normalized spacial score (nSPS) is 9.65. The highest BCUT2D eigenvalue weighted by Crippen LogP contribution is 2.21. The van der Waals surface area contributed by atoms with E-state index in [4.69, 9.17) is 16.9 Å². The van der Waals surface area contributed by atoms with Gasteiger partial charge in [-0.15, -0.1) is 0 Å². The number of carbonyl (C=O) groups excluding carboxylic acids is 1. The molecule has 0 atom stereocenters. The van der Waals surface area contributed by atoms with Gasteiger partial charge in [-0.1, -0.05) is 11.6 Å². The highest BCUT2D eigenvalue weighted by atomic mass is 35.5. The van der Waals surface area contributed by atoms with Crippen molar-refractivity contribution in [3.8, 4) is 11.8 Å². The van der Waals surface area contributed by atoms with Crippen LogP contribution in [0.15, 0.2) is 18.2 Å². The van der Waals surface area contributed by atoms with E-state index in [0.717, 1.165) is 12.8 Å². The molecule has 4 nitrogen and oxygen atoms in total. The van der Waals surface area contributed by atoms with E-state index in [-0.39, 0.29) is 17.2 Å². The summed E-state index contributed by atoms with van der Waals surface area (Å²) in [5, 5.41) is 20.9. The molecule has 5 heteroatoms. The van der Waals surface area contributed by atoms with Crippen molar-refractivity contribution in [3.05, 3.63) is 28.8 Å². The lowest BCUT2D eigenvalue weighted by atomic mass is 10.2. The fraction of sp³-hybridized carbons (Fsp3) is 0.333. The van der Waals surface area contributed by atoms with E-state index in [1.807, 2.05) is 6.07 Å². The molecule has 1 amide bonds. The third kappa shape index (κ3) is 4.33. The Bertz CT molecular complexity index is 441. The second-order valence-electron chi connectivity index (χ2n) is 3.53. The number of benzene rings is 1. The van der Waals surface area contributed by atoms with Gasteiger partial charge in [0.2, 0.25) is 0 Å². The molecule has 0 saturated heterocycles. The molecule has 2 N–H and O–H groups in total. The molecule has 17 heavy (non-hydrogen) atoms. The fourth-order valence-electron chi connectivity index (χ4n) is 1.32. The molecular weight excluding hydrogens is 240 g/mol. The Morgan fingerprint density at radius 1 is 1.47 bits per heavy atom. The first-order valence-corrected chi connectivity index (χ1v) is 5.66. The minimum absolute atomic E-state index is 0.0936. The monoisotopic (exact) mass is 252 g/mol. The number of unbranched alkanes of at least 4 members (excludes halogenated alkanes) is 2. The van der Waals surface area contributed by atoms with Gasteiger partial charge in [-0.05, 0) is 31.0 Å². The molecule has 0 bridgehead atoms. The Kier molecular flexibility index (Phi) is 5.31. The van der Waals surface area contributed by atoms with E-state index in [1.54, 1.807) is 0 Å². The van der Waals surface area contributed by atoms with Gasteiger partial charge >= 0.3 is 0 Å². The van der Waals surface area contributed by atoms with E-state index in [9.17, 15) is 9.90 Å². The lowest BCUT2D eigenvalue weighted by molar-refractivity contribution is 0.0950. The number of nitriles is 1. The molecule has 90 valence electrons. The van der Waals surface area contributed by atoms with E-state index in [1.165, 1.54) is 18.2 Å². The predicted octanol–water partition coefficient (Wildman–Crippen LogP) is 2.47. The van der Waals surface area contributed by atoms with Crippen LogP contribution in [0.25, 0.3) is 0 Å². The largest absolute Gasteiger partial charge is 0.507 e. The van der Waals surface area contributed by atoms with Crippen LogP contribution in [0, 0.1) is 11.3 Å². The van der Waals surface area contributed by atoms with Crippen LogP contribution in [0.5, 0.6) is 5.75 Å². The number of nitrogens with one attached hydrogen (secondary N) is 1. The molecular formula is C12H13ClN2O2. The minimum Gasteiger partial charge on any atom is -0.507 e. The lowest BCUT2D eigenvalue weighted by Crippen LogP contribution is -2.24. The molecule has 0 unspecified atom stereocenters. The standard InChI is InChI=1S/C12H13ClN2O2/c13-9-4-5-11(16)10(8-9)12(17)15-7-3-1-2-6-14/h4-5,8,16H,1-3,7H2,(H,15,17). The van der Waals surface area contributed by atoms with Crippen molar-refractivity contribution in [1.82, 2.24) is 5.32 Å². The average Bonchev–Trinajstić information content (AvgIpc) is 2.32. The third-order valence-electron chi connectivity index (χ3n) is 2.20. The summed E-state index contributed by atoms with van der Waals surface area (Å²) >= 11 is 5.74. The quantitative estimate of drug-likeness (QED) is 0.791. The van der Waals surface area contributed by atoms with Crippen molar-refractivity contribution in [2.24, 2.45) is 0 Å². The van der Waals surface area contributed by atoms with Gasteiger partial charge in [0, 0.05) is 18.0 Å². The number of nitrogens with zero attached hydrogens (tertiary/aromatic N) is 1. The zero-order chi connectivity index (χ0) is 12.7. The molecule has 0 aromatic heterocycles. The average molecular weight is 253 g/mol. The second-order valence-corrected chi connectivity index (χ2v) is 3.97. The van der Waals surface area contributed by atoms with Crippen molar-refractivity contribution in [2.45, 2.75) is 19.3 Å². The summed E-state index contributed by atoms with van der Waals surface area (Å²) in [5.74, 6) is -0.453. The molecule has 0 aliphatic rings. The summed E-state index contributed by atoms with van der Waals surface area (Å²) in [5.41, 5.74) is 0.165. The van der Waals surface area contributed by atoms with E-state index in [0.29, 0.717) is 18.0 Å². The SMILES string of the molecule is N#CCCCCNC(=O)c1cc(Cl)ccc1O. The molecule has 1 aromatic carbocycles. The Hall–Kier alpha value is -1.73. The van der Waals surface area contributed by atoms with Crippen LogP contribution in [0.3, 0.4) is 0 Å². The Labute approximate surface area is 105 Å². The summed E-state index contributed by atoms with van der Waals surface area (Å²) in [6.07, 6.45) is 1.97. The lowest BCUT2D eigenvalue weighted by Gasteiger charge is -2.06. The molecule has 0 radical (unpaired) electrons. The van der Waals surface area contributed by atoms with Crippen LogP contribution in [-0.4, -0.2) is 17.6 Å². The zero-order valence-corrected chi connectivity index (χ0v) is 10.00. The van der Waals surface area contributed by atoms with E-state index in [2.05, 4.69) is 5.32 Å². The first-order valence-electron chi connectivity index (χ1n) is 5.29. The number of amides is 1. The van der Waals surface area contributed by atoms with Crippen LogP contribution in [-0.2, 0) is 0 Å². The summed E-state index contributed by atoms with van der Waals surface area (Å²) in [4.78, 5) is 11.7. The van der Waals surface area contributed by atoms with Crippen LogP contribution >= 0.6 is 11.6 Å². The summed E-state index contributed by atoms with van der Waals surface area (Å²) in [6, 6.07) is 6.35. The van der Waals surface area contributed by atoms with Gasteiger partial charge in [0.1, 0.15) is 5.75 Å². The fourth-order valence-corrected chi connectivity index (χ4v) is 1.49. The van der Waals surface area contributed by atoms with E-state index >= 15 is 0 Å². The molecule has 0 fully saturated rings. The Morgan fingerprint density at radius 2 is 2.24 bits per heavy atom. The number of hydrogen-bond donors (Lipinski definition) is 2.